The Morgan fingerprint density at radius 1 is 1.54 bits per heavy atom. The van der Waals surface area contributed by atoms with Crippen molar-refractivity contribution >= 4 is 10.0 Å². The molecular weight excluding hydrogens is 190 g/mol. The summed E-state index contributed by atoms with van der Waals surface area (Å²) in [5.74, 6) is 0.212. The van der Waals surface area contributed by atoms with Crippen LogP contribution in [-0.2, 0) is 14.8 Å². The highest BCUT2D eigenvalue weighted by atomic mass is 32.2. The number of rotatable bonds is 4. The van der Waals surface area contributed by atoms with Crippen LogP contribution in [0.3, 0.4) is 0 Å². The minimum atomic E-state index is -3.06. The fourth-order valence-corrected chi connectivity index (χ4v) is 2.76. The smallest absolute Gasteiger partial charge is 0.211 e. The van der Waals surface area contributed by atoms with Crippen molar-refractivity contribution < 1.29 is 13.2 Å². The van der Waals surface area contributed by atoms with Gasteiger partial charge in [0, 0.05) is 12.6 Å². The molecule has 1 aliphatic heterocycles. The molecule has 4 nitrogen and oxygen atoms in total. The van der Waals surface area contributed by atoms with E-state index in [9.17, 15) is 8.42 Å². The van der Waals surface area contributed by atoms with Crippen LogP contribution in [-0.4, -0.2) is 33.4 Å². The maximum absolute atomic E-state index is 11.3. The van der Waals surface area contributed by atoms with Crippen molar-refractivity contribution in [2.24, 2.45) is 0 Å². The van der Waals surface area contributed by atoms with Crippen molar-refractivity contribution in [3.8, 4) is 0 Å². The number of hydrogen-bond donors (Lipinski definition) is 1. The Labute approximate surface area is 79.7 Å². The van der Waals surface area contributed by atoms with Crippen molar-refractivity contribution in [3.05, 3.63) is 0 Å². The van der Waals surface area contributed by atoms with Gasteiger partial charge in [0.25, 0.3) is 0 Å². The molecule has 0 amide bonds. The first-order valence-corrected chi connectivity index (χ1v) is 6.37. The average Bonchev–Trinajstić information content (AvgIpc) is 2.04. The molecular formula is C8H17NO3S. The first-order chi connectivity index (χ1) is 6.14. The molecule has 0 spiro atoms. The Bertz CT molecular complexity index is 232. The topological polar surface area (TPSA) is 55.4 Å². The second-order valence-electron chi connectivity index (χ2n) is 3.35. The average molecular weight is 207 g/mol. The molecule has 13 heavy (non-hydrogen) atoms. The molecule has 0 aromatic carbocycles. The van der Waals surface area contributed by atoms with Gasteiger partial charge in [-0.1, -0.05) is 6.92 Å². The van der Waals surface area contributed by atoms with Gasteiger partial charge in [0.1, 0.15) is 0 Å². The molecule has 1 fully saturated rings. The van der Waals surface area contributed by atoms with Gasteiger partial charge in [-0.05, 0) is 19.3 Å². The highest BCUT2D eigenvalue weighted by molar-refractivity contribution is 7.89. The second kappa shape index (κ2) is 4.93. The van der Waals surface area contributed by atoms with Crippen molar-refractivity contribution in [2.45, 2.75) is 32.2 Å². The lowest BCUT2D eigenvalue weighted by Crippen LogP contribution is -2.41. The molecule has 0 bridgehead atoms. The summed E-state index contributed by atoms with van der Waals surface area (Å²) in [5, 5.41) is 0. The number of sulfonamides is 1. The van der Waals surface area contributed by atoms with Gasteiger partial charge in [0.2, 0.25) is 10.0 Å². The van der Waals surface area contributed by atoms with Gasteiger partial charge < -0.3 is 4.74 Å². The van der Waals surface area contributed by atoms with Gasteiger partial charge in [-0.15, -0.1) is 0 Å². The van der Waals surface area contributed by atoms with E-state index in [4.69, 9.17) is 4.74 Å². The fraction of sp³-hybridized carbons (Fsp3) is 1.00. The monoisotopic (exact) mass is 207 g/mol. The van der Waals surface area contributed by atoms with E-state index in [0.29, 0.717) is 13.0 Å². The summed E-state index contributed by atoms with van der Waals surface area (Å²) in [6.07, 6.45) is 2.49. The fourth-order valence-electron chi connectivity index (χ4n) is 1.42. The van der Waals surface area contributed by atoms with Crippen LogP contribution in [0.4, 0.5) is 0 Å². The standard InChI is InChI=1S/C8H17NO3S/c1-2-6-13(10,11)9-8-4-3-5-12-7-8/h8-9H,2-7H2,1H3. The molecule has 1 atom stereocenters. The van der Waals surface area contributed by atoms with E-state index in [1.165, 1.54) is 0 Å². The van der Waals surface area contributed by atoms with Crippen molar-refractivity contribution in [1.82, 2.24) is 4.72 Å². The predicted molar refractivity (Wildman–Crippen MR) is 51.1 cm³/mol. The molecule has 1 N–H and O–H groups in total. The lowest BCUT2D eigenvalue weighted by atomic mass is 10.1. The van der Waals surface area contributed by atoms with Crippen LogP contribution in [0.5, 0.6) is 0 Å². The maximum atomic E-state index is 11.3. The molecule has 1 unspecified atom stereocenters. The summed E-state index contributed by atoms with van der Waals surface area (Å²) < 4.78 is 30.5. The van der Waals surface area contributed by atoms with Crippen LogP contribution in [0.1, 0.15) is 26.2 Å². The third-order valence-corrected chi connectivity index (χ3v) is 3.62. The van der Waals surface area contributed by atoms with Gasteiger partial charge in [-0.3, -0.25) is 0 Å². The Morgan fingerprint density at radius 2 is 2.31 bits per heavy atom. The zero-order valence-electron chi connectivity index (χ0n) is 7.95. The van der Waals surface area contributed by atoms with Crippen molar-refractivity contribution in [2.75, 3.05) is 19.0 Å². The van der Waals surface area contributed by atoms with Gasteiger partial charge in [0.05, 0.1) is 12.4 Å². The summed E-state index contributed by atoms with van der Waals surface area (Å²) in [4.78, 5) is 0. The van der Waals surface area contributed by atoms with Gasteiger partial charge in [-0.25, -0.2) is 13.1 Å². The first-order valence-electron chi connectivity index (χ1n) is 4.72. The minimum absolute atomic E-state index is 0.00898. The summed E-state index contributed by atoms with van der Waals surface area (Å²) in [7, 11) is -3.06. The maximum Gasteiger partial charge on any atom is 0.211 e. The van der Waals surface area contributed by atoms with Crippen LogP contribution in [0, 0.1) is 0 Å². The number of hydrogen-bond acceptors (Lipinski definition) is 3. The van der Waals surface area contributed by atoms with Crippen LogP contribution in [0.25, 0.3) is 0 Å². The largest absolute Gasteiger partial charge is 0.380 e. The normalized spacial score (nSPS) is 24.5. The van der Waals surface area contributed by atoms with E-state index < -0.39 is 10.0 Å². The van der Waals surface area contributed by atoms with Gasteiger partial charge in [-0.2, -0.15) is 0 Å². The van der Waals surface area contributed by atoms with E-state index in [1.54, 1.807) is 0 Å². The van der Waals surface area contributed by atoms with Crippen LogP contribution >= 0.6 is 0 Å². The third kappa shape index (κ3) is 4.06. The number of nitrogens with one attached hydrogen (secondary N) is 1. The van der Waals surface area contributed by atoms with Crippen LogP contribution < -0.4 is 4.72 Å². The van der Waals surface area contributed by atoms with Gasteiger partial charge >= 0.3 is 0 Å². The lowest BCUT2D eigenvalue weighted by Gasteiger charge is -2.22. The van der Waals surface area contributed by atoms with Crippen molar-refractivity contribution in [3.63, 3.8) is 0 Å². The lowest BCUT2D eigenvalue weighted by molar-refractivity contribution is 0.0774. The molecule has 1 saturated heterocycles. The highest BCUT2D eigenvalue weighted by Crippen LogP contribution is 2.07. The van der Waals surface area contributed by atoms with E-state index in [2.05, 4.69) is 4.72 Å². The highest BCUT2D eigenvalue weighted by Gasteiger charge is 2.19. The zero-order chi connectivity index (χ0) is 9.73. The molecule has 0 aromatic heterocycles. The minimum Gasteiger partial charge on any atom is -0.380 e. The molecule has 1 heterocycles. The molecule has 1 rings (SSSR count). The molecule has 0 radical (unpaired) electrons. The quantitative estimate of drug-likeness (QED) is 0.730. The predicted octanol–water partition coefficient (Wildman–Crippen LogP) is 0.495. The van der Waals surface area contributed by atoms with Crippen LogP contribution in [0.15, 0.2) is 0 Å². The summed E-state index contributed by atoms with van der Waals surface area (Å²) >= 11 is 0. The molecule has 0 aliphatic carbocycles. The summed E-state index contributed by atoms with van der Waals surface area (Å²) in [6, 6.07) is -0.00898. The molecule has 0 saturated carbocycles. The Morgan fingerprint density at radius 3 is 2.85 bits per heavy atom. The number of ether oxygens (including phenoxy) is 1. The van der Waals surface area contributed by atoms with Crippen LogP contribution in [0.2, 0.25) is 0 Å². The summed E-state index contributed by atoms with van der Waals surface area (Å²) in [6.45, 7) is 3.13. The molecule has 5 heteroatoms. The molecule has 0 aromatic rings. The summed E-state index contributed by atoms with van der Waals surface area (Å²) in [5.41, 5.74) is 0. The third-order valence-electron chi connectivity index (χ3n) is 1.98. The first kappa shape index (κ1) is 10.9. The van der Waals surface area contributed by atoms with E-state index in [-0.39, 0.29) is 11.8 Å². The Kier molecular flexibility index (Phi) is 4.15. The Hall–Kier alpha value is -0.130. The Balaban J connectivity index is 2.37. The zero-order valence-corrected chi connectivity index (χ0v) is 8.77. The SMILES string of the molecule is CCCS(=O)(=O)NC1CCCOC1. The van der Waals surface area contributed by atoms with E-state index in [1.807, 2.05) is 6.92 Å². The van der Waals surface area contributed by atoms with Crippen molar-refractivity contribution in [1.29, 1.82) is 0 Å². The van der Waals surface area contributed by atoms with Gasteiger partial charge in [0.15, 0.2) is 0 Å². The second-order valence-corrected chi connectivity index (χ2v) is 5.22. The molecule has 1 aliphatic rings. The van der Waals surface area contributed by atoms with E-state index in [0.717, 1.165) is 19.4 Å². The van der Waals surface area contributed by atoms with E-state index >= 15 is 0 Å². The molecule has 78 valence electrons.